The van der Waals surface area contributed by atoms with Gasteiger partial charge >= 0.3 is 0 Å². The van der Waals surface area contributed by atoms with Gasteiger partial charge in [0.05, 0.1) is 0 Å². The summed E-state index contributed by atoms with van der Waals surface area (Å²) in [5.41, 5.74) is 0.191. The summed E-state index contributed by atoms with van der Waals surface area (Å²) in [6.45, 7) is 0.768. The van der Waals surface area contributed by atoms with Crippen LogP contribution in [-0.4, -0.2) is 30.3 Å². The quantitative estimate of drug-likeness (QED) is 0.734. The minimum absolute atomic E-state index is 0.167. The van der Waals surface area contributed by atoms with Crippen molar-refractivity contribution in [3.8, 4) is 0 Å². The molecule has 0 bridgehead atoms. The lowest BCUT2D eigenvalue weighted by atomic mass is 9.88. The molecule has 0 aromatic carbocycles. The van der Waals surface area contributed by atoms with Crippen molar-refractivity contribution in [1.82, 2.24) is 5.32 Å². The lowest BCUT2D eigenvalue weighted by Crippen LogP contribution is -2.37. The second-order valence-corrected chi connectivity index (χ2v) is 5.61. The Bertz CT molecular complexity index is 205. The first-order valence-electron chi connectivity index (χ1n) is 5.54. The Morgan fingerprint density at radius 2 is 2.13 bits per heavy atom. The molecule has 0 aliphatic heterocycles. The van der Waals surface area contributed by atoms with Crippen LogP contribution < -0.4 is 5.32 Å². The molecular formula is C11H20ClNOS. The Labute approximate surface area is 102 Å². The summed E-state index contributed by atoms with van der Waals surface area (Å²) in [5, 5.41) is 3.01. The predicted octanol–water partition coefficient (Wildman–Crippen LogP) is 2.65. The van der Waals surface area contributed by atoms with Gasteiger partial charge in [0.25, 0.3) is 0 Å². The topological polar surface area (TPSA) is 29.1 Å². The number of carbonyl (C=O) groups excluding carboxylic acids is 1. The molecule has 0 aromatic heterocycles. The summed E-state index contributed by atoms with van der Waals surface area (Å²) in [5.74, 6) is 1.75. The summed E-state index contributed by atoms with van der Waals surface area (Å²) >= 11 is 7.70. The molecule has 0 saturated heterocycles. The molecule has 1 fully saturated rings. The van der Waals surface area contributed by atoms with Gasteiger partial charge in [-0.05, 0) is 19.1 Å². The molecule has 1 saturated carbocycles. The number of hydrogen-bond acceptors (Lipinski definition) is 2. The summed E-state index contributed by atoms with van der Waals surface area (Å²) in [4.78, 5) is 11.4. The van der Waals surface area contributed by atoms with Gasteiger partial charge in [0, 0.05) is 30.0 Å². The Kier molecular flexibility index (Phi) is 5.83. The zero-order chi connectivity index (χ0) is 11.1. The minimum atomic E-state index is 0.167. The van der Waals surface area contributed by atoms with Gasteiger partial charge in [-0.15, -0.1) is 11.6 Å². The van der Waals surface area contributed by atoms with Crippen LogP contribution in [0.1, 0.15) is 32.1 Å². The first-order valence-corrected chi connectivity index (χ1v) is 7.47. The molecule has 1 aliphatic carbocycles. The van der Waals surface area contributed by atoms with Gasteiger partial charge in [0.15, 0.2) is 0 Å². The molecular weight excluding hydrogens is 230 g/mol. The molecule has 1 aliphatic rings. The Morgan fingerprint density at radius 3 is 2.67 bits per heavy atom. The van der Waals surface area contributed by atoms with Crippen molar-refractivity contribution < 1.29 is 4.79 Å². The zero-order valence-electron chi connectivity index (χ0n) is 9.35. The number of rotatable bonds is 6. The van der Waals surface area contributed by atoms with E-state index in [1.165, 1.54) is 25.7 Å². The number of thioether (sulfide) groups is 1. The van der Waals surface area contributed by atoms with Gasteiger partial charge in [-0.25, -0.2) is 0 Å². The largest absolute Gasteiger partial charge is 0.355 e. The van der Waals surface area contributed by atoms with Crippen molar-refractivity contribution in [2.45, 2.75) is 32.1 Å². The number of halogens is 1. The lowest BCUT2D eigenvalue weighted by Gasteiger charge is -2.26. The second kappa shape index (κ2) is 6.64. The first kappa shape index (κ1) is 13.2. The summed E-state index contributed by atoms with van der Waals surface area (Å²) < 4.78 is 0. The molecule has 0 atom stereocenters. The van der Waals surface area contributed by atoms with Crippen LogP contribution in [0.5, 0.6) is 0 Å². The molecule has 1 N–H and O–H groups in total. The SMILES string of the molecule is CSCCC(=O)NCC1(CCl)CCCC1. The molecule has 1 rings (SSSR count). The van der Waals surface area contributed by atoms with Gasteiger partial charge in [-0.2, -0.15) is 11.8 Å². The monoisotopic (exact) mass is 249 g/mol. The molecule has 0 aromatic rings. The highest BCUT2D eigenvalue weighted by molar-refractivity contribution is 7.98. The molecule has 0 heterocycles. The predicted molar refractivity (Wildman–Crippen MR) is 67.6 cm³/mol. The average molecular weight is 250 g/mol. The fourth-order valence-electron chi connectivity index (χ4n) is 2.05. The fourth-order valence-corrected chi connectivity index (χ4v) is 2.80. The van der Waals surface area contributed by atoms with E-state index < -0.39 is 0 Å². The molecule has 4 heteroatoms. The molecule has 2 nitrogen and oxygen atoms in total. The van der Waals surface area contributed by atoms with Crippen LogP contribution >= 0.6 is 23.4 Å². The van der Waals surface area contributed by atoms with Crippen LogP contribution in [0.3, 0.4) is 0 Å². The third kappa shape index (κ3) is 4.23. The number of amides is 1. The lowest BCUT2D eigenvalue weighted by molar-refractivity contribution is -0.121. The third-order valence-electron chi connectivity index (χ3n) is 3.14. The van der Waals surface area contributed by atoms with E-state index in [2.05, 4.69) is 5.32 Å². The zero-order valence-corrected chi connectivity index (χ0v) is 10.9. The van der Waals surface area contributed by atoms with Gasteiger partial charge in [0.1, 0.15) is 0 Å². The van der Waals surface area contributed by atoms with E-state index in [-0.39, 0.29) is 11.3 Å². The van der Waals surface area contributed by atoms with E-state index in [0.717, 1.165) is 12.3 Å². The van der Waals surface area contributed by atoms with Gasteiger partial charge in [0.2, 0.25) is 5.91 Å². The summed E-state index contributed by atoms with van der Waals surface area (Å²) in [6, 6.07) is 0. The smallest absolute Gasteiger partial charge is 0.220 e. The number of nitrogens with one attached hydrogen (secondary N) is 1. The van der Waals surface area contributed by atoms with E-state index in [9.17, 15) is 4.79 Å². The second-order valence-electron chi connectivity index (χ2n) is 4.36. The van der Waals surface area contributed by atoms with Gasteiger partial charge in [-0.1, -0.05) is 12.8 Å². The van der Waals surface area contributed by atoms with Crippen LogP contribution in [0.25, 0.3) is 0 Å². The average Bonchev–Trinajstić information content (AvgIpc) is 2.73. The molecule has 88 valence electrons. The maximum atomic E-state index is 11.4. The third-order valence-corrected chi connectivity index (χ3v) is 4.32. The first-order chi connectivity index (χ1) is 7.22. The fraction of sp³-hybridized carbons (Fsp3) is 0.909. The molecule has 0 radical (unpaired) electrons. The highest BCUT2D eigenvalue weighted by Gasteiger charge is 2.33. The molecule has 1 amide bonds. The van der Waals surface area contributed by atoms with Crippen molar-refractivity contribution in [2.75, 3.05) is 24.4 Å². The Hall–Kier alpha value is 0.110. The van der Waals surface area contributed by atoms with Crippen LogP contribution in [-0.2, 0) is 4.79 Å². The van der Waals surface area contributed by atoms with Crippen LogP contribution in [0.2, 0.25) is 0 Å². The molecule has 0 unspecified atom stereocenters. The van der Waals surface area contributed by atoms with Crippen molar-refractivity contribution in [2.24, 2.45) is 5.41 Å². The van der Waals surface area contributed by atoms with Gasteiger partial charge in [-0.3, -0.25) is 4.79 Å². The van der Waals surface area contributed by atoms with Crippen molar-refractivity contribution in [1.29, 1.82) is 0 Å². The van der Waals surface area contributed by atoms with Crippen LogP contribution in [0, 0.1) is 5.41 Å². The van der Waals surface area contributed by atoms with Crippen molar-refractivity contribution in [3.63, 3.8) is 0 Å². The maximum absolute atomic E-state index is 11.4. The summed E-state index contributed by atoms with van der Waals surface area (Å²) in [7, 11) is 0. The Morgan fingerprint density at radius 1 is 1.47 bits per heavy atom. The Balaban J connectivity index is 2.25. The number of carbonyl (C=O) groups is 1. The number of hydrogen-bond donors (Lipinski definition) is 1. The van der Waals surface area contributed by atoms with Crippen molar-refractivity contribution >= 4 is 29.3 Å². The maximum Gasteiger partial charge on any atom is 0.220 e. The van der Waals surface area contributed by atoms with E-state index in [1.54, 1.807) is 11.8 Å². The van der Waals surface area contributed by atoms with Crippen LogP contribution in [0.15, 0.2) is 0 Å². The normalized spacial score (nSPS) is 19.1. The standard InChI is InChI=1S/C11H20ClNOS/c1-15-7-4-10(14)13-9-11(8-12)5-2-3-6-11/h2-9H2,1H3,(H,13,14). The minimum Gasteiger partial charge on any atom is -0.355 e. The van der Waals surface area contributed by atoms with E-state index in [4.69, 9.17) is 11.6 Å². The summed E-state index contributed by atoms with van der Waals surface area (Å²) in [6.07, 6.45) is 7.49. The highest BCUT2D eigenvalue weighted by Crippen LogP contribution is 2.38. The molecule has 15 heavy (non-hydrogen) atoms. The van der Waals surface area contributed by atoms with Gasteiger partial charge < -0.3 is 5.32 Å². The van der Waals surface area contributed by atoms with E-state index in [1.807, 2.05) is 6.26 Å². The van der Waals surface area contributed by atoms with E-state index >= 15 is 0 Å². The highest BCUT2D eigenvalue weighted by atomic mass is 35.5. The van der Waals surface area contributed by atoms with Crippen molar-refractivity contribution in [3.05, 3.63) is 0 Å². The number of alkyl halides is 1. The van der Waals surface area contributed by atoms with E-state index in [0.29, 0.717) is 12.3 Å². The van der Waals surface area contributed by atoms with Crippen LogP contribution in [0.4, 0.5) is 0 Å². The molecule has 0 spiro atoms.